The first-order chi connectivity index (χ1) is 13.7. The molecule has 2 aromatic carbocycles. The van der Waals surface area contributed by atoms with Gasteiger partial charge in [0.2, 0.25) is 0 Å². The van der Waals surface area contributed by atoms with Crippen LogP contribution in [0.3, 0.4) is 0 Å². The smallest absolute Gasteiger partial charge is 0.124 e. The standard InChI is InChI=1S/C24H27Cl2NO/c25-21-5-6-23(28-14-17-3-1-2-4-22(17)26)20(12-21)13-27-24-18-8-15-7-16(10-18)11-19(24)9-15/h1-6,12,15-16,18-19,24,27H,7-11,13-14H2. The molecule has 0 saturated heterocycles. The van der Waals surface area contributed by atoms with Crippen LogP contribution >= 0.6 is 23.2 Å². The number of ether oxygens (including phenoxy) is 1. The molecule has 0 heterocycles. The number of nitrogens with one attached hydrogen (secondary N) is 1. The number of rotatable bonds is 6. The van der Waals surface area contributed by atoms with E-state index < -0.39 is 0 Å². The molecule has 0 unspecified atom stereocenters. The SMILES string of the molecule is Clc1ccc(OCc2ccccc2Cl)c(CNC2C3CC4CC(C3)CC2C4)c1. The van der Waals surface area contributed by atoms with Gasteiger partial charge < -0.3 is 10.1 Å². The normalized spacial score (nSPS) is 30.6. The molecule has 2 nitrogen and oxygen atoms in total. The fraction of sp³-hybridized carbons (Fsp3) is 0.500. The second-order valence-electron chi connectivity index (χ2n) is 8.97. The quantitative estimate of drug-likeness (QED) is 0.581. The zero-order valence-corrected chi connectivity index (χ0v) is 17.6. The van der Waals surface area contributed by atoms with E-state index >= 15 is 0 Å². The molecule has 4 heteroatoms. The summed E-state index contributed by atoms with van der Waals surface area (Å²) in [7, 11) is 0. The van der Waals surface area contributed by atoms with Crippen molar-refractivity contribution in [3.63, 3.8) is 0 Å². The third-order valence-electron chi connectivity index (χ3n) is 7.12. The second-order valence-corrected chi connectivity index (χ2v) is 9.81. The summed E-state index contributed by atoms with van der Waals surface area (Å²) in [5.74, 6) is 4.62. The van der Waals surface area contributed by atoms with E-state index in [-0.39, 0.29) is 0 Å². The Bertz CT molecular complexity index is 824. The molecule has 2 aromatic rings. The summed E-state index contributed by atoms with van der Waals surface area (Å²) >= 11 is 12.6. The van der Waals surface area contributed by atoms with E-state index in [0.29, 0.717) is 12.6 Å². The molecule has 0 aliphatic heterocycles. The number of hydrogen-bond acceptors (Lipinski definition) is 2. The Labute approximate surface area is 177 Å². The summed E-state index contributed by atoms with van der Waals surface area (Å²) in [6, 6.07) is 14.4. The van der Waals surface area contributed by atoms with Crippen LogP contribution in [0.15, 0.2) is 42.5 Å². The highest BCUT2D eigenvalue weighted by atomic mass is 35.5. The second kappa shape index (κ2) is 7.89. The summed E-state index contributed by atoms with van der Waals surface area (Å²) in [5.41, 5.74) is 2.13. The fourth-order valence-corrected chi connectivity index (χ4v) is 6.47. The van der Waals surface area contributed by atoms with Gasteiger partial charge in [0.1, 0.15) is 12.4 Å². The molecule has 4 aliphatic carbocycles. The third-order valence-corrected chi connectivity index (χ3v) is 7.72. The highest BCUT2D eigenvalue weighted by Crippen LogP contribution is 2.53. The lowest BCUT2D eigenvalue weighted by atomic mass is 9.54. The van der Waals surface area contributed by atoms with Gasteiger partial charge in [-0.25, -0.2) is 0 Å². The molecule has 4 bridgehead atoms. The van der Waals surface area contributed by atoms with E-state index in [1.807, 2.05) is 42.5 Å². The molecule has 4 fully saturated rings. The van der Waals surface area contributed by atoms with Crippen LogP contribution in [0.2, 0.25) is 10.0 Å². The zero-order valence-electron chi connectivity index (χ0n) is 16.0. The first-order valence-corrected chi connectivity index (χ1v) is 11.3. The molecule has 0 radical (unpaired) electrons. The van der Waals surface area contributed by atoms with Crippen LogP contribution in [0.1, 0.15) is 43.2 Å². The summed E-state index contributed by atoms with van der Waals surface area (Å²) in [4.78, 5) is 0. The Morgan fingerprint density at radius 1 is 0.857 bits per heavy atom. The van der Waals surface area contributed by atoms with Gasteiger partial charge in [0.05, 0.1) is 0 Å². The Hall–Kier alpha value is -1.22. The molecule has 4 aliphatic rings. The number of halogens is 2. The summed E-state index contributed by atoms with van der Waals surface area (Å²) < 4.78 is 6.13. The van der Waals surface area contributed by atoms with Crippen LogP contribution in [-0.4, -0.2) is 6.04 Å². The maximum Gasteiger partial charge on any atom is 0.124 e. The van der Waals surface area contributed by atoms with Crippen molar-refractivity contribution in [2.45, 2.75) is 51.3 Å². The maximum absolute atomic E-state index is 6.30. The predicted molar refractivity (Wildman–Crippen MR) is 115 cm³/mol. The van der Waals surface area contributed by atoms with Gasteiger partial charge in [-0.1, -0.05) is 41.4 Å². The van der Waals surface area contributed by atoms with E-state index in [9.17, 15) is 0 Å². The first kappa shape index (κ1) is 18.8. The fourth-order valence-electron chi connectivity index (χ4n) is 6.08. The van der Waals surface area contributed by atoms with Crippen LogP contribution < -0.4 is 10.1 Å². The van der Waals surface area contributed by atoms with Crippen molar-refractivity contribution in [2.24, 2.45) is 23.7 Å². The third kappa shape index (κ3) is 3.79. The minimum Gasteiger partial charge on any atom is -0.489 e. The average molecular weight is 416 g/mol. The zero-order chi connectivity index (χ0) is 19.1. The van der Waals surface area contributed by atoms with Gasteiger partial charge in [0.25, 0.3) is 0 Å². The van der Waals surface area contributed by atoms with E-state index in [2.05, 4.69) is 5.32 Å². The van der Waals surface area contributed by atoms with E-state index in [4.69, 9.17) is 27.9 Å². The lowest BCUT2D eigenvalue weighted by Gasteiger charge is -2.54. The van der Waals surface area contributed by atoms with E-state index in [1.165, 1.54) is 32.1 Å². The Balaban J connectivity index is 1.27. The van der Waals surface area contributed by atoms with Crippen molar-refractivity contribution in [1.29, 1.82) is 0 Å². The molecule has 0 atom stereocenters. The topological polar surface area (TPSA) is 21.3 Å². The Kier molecular flexibility index (Phi) is 5.30. The van der Waals surface area contributed by atoms with Crippen LogP contribution in [-0.2, 0) is 13.2 Å². The lowest BCUT2D eigenvalue weighted by Crippen LogP contribution is -2.54. The first-order valence-electron chi connectivity index (χ1n) is 10.5. The van der Waals surface area contributed by atoms with Gasteiger partial charge in [0.15, 0.2) is 0 Å². The maximum atomic E-state index is 6.30. The molecule has 1 N–H and O–H groups in total. The highest BCUT2D eigenvalue weighted by Gasteiger charge is 2.47. The van der Waals surface area contributed by atoms with Crippen molar-refractivity contribution >= 4 is 23.2 Å². The number of hydrogen-bond donors (Lipinski definition) is 1. The van der Waals surface area contributed by atoms with Crippen LogP contribution in [0, 0.1) is 23.7 Å². The van der Waals surface area contributed by atoms with Crippen molar-refractivity contribution in [3.8, 4) is 5.75 Å². The van der Waals surface area contributed by atoms with Crippen LogP contribution in [0.4, 0.5) is 0 Å². The van der Waals surface area contributed by atoms with Crippen LogP contribution in [0.25, 0.3) is 0 Å². The van der Waals surface area contributed by atoms with E-state index in [1.54, 1.807) is 0 Å². The average Bonchev–Trinajstić information content (AvgIpc) is 2.67. The molecule has 0 amide bonds. The van der Waals surface area contributed by atoms with E-state index in [0.717, 1.165) is 57.1 Å². The van der Waals surface area contributed by atoms with Gasteiger partial charge in [-0.15, -0.1) is 0 Å². The lowest BCUT2D eigenvalue weighted by molar-refractivity contribution is -0.0143. The molecule has 4 saturated carbocycles. The number of benzene rings is 2. The Morgan fingerprint density at radius 3 is 2.29 bits per heavy atom. The largest absolute Gasteiger partial charge is 0.489 e. The van der Waals surface area contributed by atoms with Crippen molar-refractivity contribution < 1.29 is 4.74 Å². The van der Waals surface area contributed by atoms with Crippen LogP contribution in [0.5, 0.6) is 5.75 Å². The van der Waals surface area contributed by atoms with Gasteiger partial charge in [-0.05, 0) is 80.0 Å². The molecule has 0 spiro atoms. The van der Waals surface area contributed by atoms with Crippen molar-refractivity contribution in [1.82, 2.24) is 5.32 Å². The summed E-state index contributed by atoms with van der Waals surface area (Å²) in [5, 5.41) is 5.39. The minimum absolute atomic E-state index is 0.465. The predicted octanol–water partition coefficient (Wildman–Crippen LogP) is 6.49. The Morgan fingerprint density at radius 2 is 1.57 bits per heavy atom. The summed E-state index contributed by atoms with van der Waals surface area (Å²) in [6.07, 6.45) is 7.20. The molecule has 28 heavy (non-hydrogen) atoms. The van der Waals surface area contributed by atoms with Crippen molar-refractivity contribution in [2.75, 3.05) is 0 Å². The van der Waals surface area contributed by atoms with Gasteiger partial charge in [-0.3, -0.25) is 0 Å². The molecular formula is C24H27Cl2NO. The van der Waals surface area contributed by atoms with Gasteiger partial charge in [-0.2, -0.15) is 0 Å². The monoisotopic (exact) mass is 415 g/mol. The molecule has 148 valence electrons. The highest BCUT2D eigenvalue weighted by molar-refractivity contribution is 6.31. The molecule has 0 aromatic heterocycles. The molecule has 6 rings (SSSR count). The van der Waals surface area contributed by atoms with Gasteiger partial charge in [0, 0.05) is 33.8 Å². The summed E-state index contributed by atoms with van der Waals surface area (Å²) in [6.45, 7) is 1.28. The van der Waals surface area contributed by atoms with Gasteiger partial charge >= 0.3 is 0 Å². The molecular weight excluding hydrogens is 389 g/mol. The van der Waals surface area contributed by atoms with Crippen molar-refractivity contribution in [3.05, 3.63) is 63.6 Å². The minimum atomic E-state index is 0.465.